The quantitative estimate of drug-likeness (QED) is 0.925. The molecule has 1 aromatic heterocycles. The van der Waals surface area contributed by atoms with Gasteiger partial charge in [-0.1, -0.05) is 12.1 Å². The number of hydrogen-bond acceptors (Lipinski definition) is 4. The summed E-state index contributed by atoms with van der Waals surface area (Å²) in [6.45, 7) is 3.87. The van der Waals surface area contributed by atoms with Gasteiger partial charge in [-0.3, -0.25) is 9.78 Å². The number of nitrogens with one attached hydrogen (secondary N) is 1. The van der Waals surface area contributed by atoms with Crippen LogP contribution >= 0.6 is 0 Å². The monoisotopic (exact) mass is 271 g/mol. The van der Waals surface area contributed by atoms with Gasteiger partial charge in [-0.05, 0) is 31.5 Å². The minimum absolute atomic E-state index is 0.251. The van der Waals surface area contributed by atoms with E-state index in [4.69, 9.17) is 4.74 Å². The first-order valence-corrected chi connectivity index (χ1v) is 6.26. The molecule has 0 aliphatic heterocycles. The van der Waals surface area contributed by atoms with Crippen molar-refractivity contribution in [2.75, 3.05) is 7.11 Å². The van der Waals surface area contributed by atoms with E-state index in [-0.39, 0.29) is 5.91 Å². The standard InChI is InChI=1S/C15H17N3O2/c1-15(2,11-4-6-12(20-3)7-5-11)18-14(19)13-10-16-8-9-17-13/h4-10H,1-3H3,(H,18,19). The third-order valence-corrected chi connectivity index (χ3v) is 3.03. The lowest BCUT2D eigenvalue weighted by Gasteiger charge is -2.26. The molecule has 2 aromatic rings. The zero-order valence-corrected chi connectivity index (χ0v) is 11.8. The molecule has 1 amide bonds. The molecule has 5 nitrogen and oxygen atoms in total. The normalized spacial score (nSPS) is 10.9. The highest BCUT2D eigenvalue weighted by molar-refractivity contribution is 5.92. The maximum Gasteiger partial charge on any atom is 0.272 e. The second-order valence-electron chi connectivity index (χ2n) is 4.90. The Morgan fingerprint density at radius 2 is 1.90 bits per heavy atom. The van der Waals surface area contributed by atoms with Crippen LogP contribution in [0.15, 0.2) is 42.9 Å². The van der Waals surface area contributed by atoms with E-state index in [9.17, 15) is 4.79 Å². The zero-order chi connectivity index (χ0) is 14.6. The fourth-order valence-electron chi connectivity index (χ4n) is 1.84. The van der Waals surface area contributed by atoms with Crippen LogP contribution in [0.1, 0.15) is 29.9 Å². The molecule has 1 N–H and O–H groups in total. The van der Waals surface area contributed by atoms with E-state index in [1.54, 1.807) is 7.11 Å². The van der Waals surface area contributed by atoms with Gasteiger partial charge in [-0.15, -0.1) is 0 Å². The van der Waals surface area contributed by atoms with Gasteiger partial charge >= 0.3 is 0 Å². The van der Waals surface area contributed by atoms with E-state index in [0.717, 1.165) is 11.3 Å². The molecule has 0 spiro atoms. The number of nitrogens with zero attached hydrogens (tertiary/aromatic N) is 2. The number of amides is 1. The second-order valence-corrected chi connectivity index (χ2v) is 4.90. The maximum absolute atomic E-state index is 12.1. The van der Waals surface area contributed by atoms with Gasteiger partial charge in [-0.2, -0.15) is 0 Å². The van der Waals surface area contributed by atoms with E-state index in [2.05, 4.69) is 15.3 Å². The molecule has 1 heterocycles. The van der Waals surface area contributed by atoms with E-state index in [1.165, 1.54) is 18.6 Å². The Kier molecular flexibility index (Phi) is 3.98. The van der Waals surface area contributed by atoms with Gasteiger partial charge in [0.05, 0.1) is 18.8 Å². The molecule has 0 saturated carbocycles. The van der Waals surface area contributed by atoms with Crippen LogP contribution in [0.4, 0.5) is 0 Å². The molecular formula is C15H17N3O2. The summed E-state index contributed by atoms with van der Waals surface area (Å²) >= 11 is 0. The van der Waals surface area contributed by atoms with Crippen LogP contribution in [0, 0.1) is 0 Å². The Morgan fingerprint density at radius 3 is 2.45 bits per heavy atom. The van der Waals surface area contributed by atoms with Crippen LogP contribution in [-0.2, 0) is 5.54 Å². The van der Waals surface area contributed by atoms with Crippen LogP contribution in [0.25, 0.3) is 0 Å². The lowest BCUT2D eigenvalue weighted by Crippen LogP contribution is -2.41. The lowest BCUT2D eigenvalue weighted by atomic mass is 9.94. The predicted octanol–water partition coefficient (Wildman–Crippen LogP) is 2.15. The number of benzene rings is 1. The Morgan fingerprint density at radius 1 is 1.20 bits per heavy atom. The Balaban J connectivity index is 2.15. The van der Waals surface area contributed by atoms with E-state index in [1.807, 2.05) is 38.1 Å². The number of aromatic nitrogens is 2. The van der Waals surface area contributed by atoms with E-state index >= 15 is 0 Å². The smallest absolute Gasteiger partial charge is 0.272 e. The summed E-state index contributed by atoms with van der Waals surface area (Å²) in [6.07, 6.45) is 4.47. The zero-order valence-electron chi connectivity index (χ0n) is 11.8. The van der Waals surface area contributed by atoms with Gasteiger partial charge in [0.1, 0.15) is 11.4 Å². The first-order chi connectivity index (χ1) is 9.53. The van der Waals surface area contributed by atoms with E-state index in [0.29, 0.717) is 5.69 Å². The number of rotatable bonds is 4. The summed E-state index contributed by atoms with van der Waals surface area (Å²) in [6, 6.07) is 7.59. The van der Waals surface area contributed by atoms with Crippen LogP contribution in [-0.4, -0.2) is 23.0 Å². The molecular weight excluding hydrogens is 254 g/mol. The van der Waals surface area contributed by atoms with Gasteiger partial charge in [0.2, 0.25) is 0 Å². The second kappa shape index (κ2) is 5.69. The summed E-state index contributed by atoms with van der Waals surface area (Å²) in [5, 5.41) is 2.94. The average molecular weight is 271 g/mol. The molecule has 0 unspecified atom stereocenters. The largest absolute Gasteiger partial charge is 0.497 e. The van der Waals surface area contributed by atoms with Crippen LogP contribution in [0.5, 0.6) is 5.75 Å². The van der Waals surface area contributed by atoms with Gasteiger partial charge in [0, 0.05) is 12.4 Å². The number of methoxy groups -OCH3 is 1. The molecule has 0 atom stereocenters. The molecule has 0 aliphatic carbocycles. The highest BCUT2D eigenvalue weighted by Gasteiger charge is 2.24. The summed E-state index contributed by atoms with van der Waals surface area (Å²) in [7, 11) is 1.62. The minimum atomic E-state index is -0.513. The van der Waals surface area contributed by atoms with Crippen molar-refractivity contribution in [2.24, 2.45) is 0 Å². The topological polar surface area (TPSA) is 64.1 Å². The SMILES string of the molecule is COc1ccc(C(C)(C)NC(=O)c2cnccn2)cc1. The van der Waals surface area contributed by atoms with Crippen molar-refractivity contribution in [1.82, 2.24) is 15.3 Å². The maximum atomic E-state index is 12.1. The minimum Gasteiger partial charge on any atom is -0.497 e. The number of carbonyl (C=O) groups excluding carboxylic acids is 1. The Bertz CT molecular complexity index is 580. The highest BCUT2D eigenvalue weighted by atomic mass is 16.5. The molecule has 1 aromatic carbocycles. The number of hydrogen-bond donors (Lipinski definition) is 1. The van der Waals surface area contributed by atoms with Crippen molar-refractivity contribution in [3.8, 4) is 5.75 Å². The number of carbonyl (C=O) groups is 1. The highest BCUT2D eigenvalue weighted by Crippen LogP contribution is 2.22. The van der Waals surface area contributed by atoms with Crippen LogP contribution < -0.4 is 10.1 Å². The summed E-state index contributed by atoms with van der Waals surface area (Å²) in [5.41, 5.74) is 0.769. The third-order valence-electron chi connectivity index (χ3n) is 3.03. The fourth-order valence-corrected chi connectivity index (χ4v) is 1.84. The molecule has 20 heavy (non-hydrogen) atoms. The fraction of sp³-hybridized carbons (Fsp3) is 0.267. The van der Waals surface area contributed by atoms with Crippen molar-refractivity contribution in [3.63, 3.8) is 0 Å². The first-order valence-electron chi connectivity index (χ1n) is 6.26. The molecule has 0 bridgehead atoms. The molecule has 0 radical (unpaired) electrons. The average Bonchev–Trinajstić information content (AvgIpc) is 2.48. The molecule has 0 aliphatic rings. The Labute approximate surface area is 118 Å². The summed E-state index contributed by atoms with van der Waals surface area (Å²) in [5.74, 6) is 0.531. The van der Waals surface area contributed by atoms with Crippen molar-refractivity contribution >= 4 is 5.91 Å². The van der Waals surface area contributed by atoms with E-state index < -0.39 is 5.54 Å². The third kappa shape index (κ3) is 3.12. The lowest BCUT2D eigenvalue weighted by molar-refractivity contribution is 0.0906. The van der Waals surface area contributed by atoms with Crippen molar-refractivity contribution in [2.45, 2.75) is 19.4 Å². The van der Waals surface area contributed by atoms with Crippen molar-refractivity contribution < 1.29 is 9.53 Å². The van der Waals surface area contributed by atoms with Gasteiger partial charge in [-0.25, -0.2) is 4.98 Å². The molecule has 0 saturated heterocycles. The molecule has 104 valence electrons. The number of ether oxygens (including phenoxy) is 1. The van der Waals surface area contributed by atoms with Gasteiger partial charge in [0.25, 0.3) is 5.91 Å². The summed E-state index contributed by atoms with van der Waals surface area (Å²) in [4.78, 5) is 20.0. The molecule has 2 rings (SSSR count). The van der Waals surface area contributed by atoms with Crippen LogP contribution in [0.2, 0.25) is 0 Å². The first kappa shape index (κ1) is 14.0. The molecule has 5 heteroatoms. The van der Waals surface area contributed by atoms with Gasteiger partial charge < -0.3 is 10.1 Å². The predicted molar refractivity (Wildman–Crippen MR) is 75.5 cm³/mol. The Hall–Kier alpha value is -2.43. The van der Waals surface area contributed by atoms with Crippen molar-refractivity contribution in [1.29, 1.82) is 0 Å². The van der Waals surface area contributed by atoms with Crippen LogP contribution in [0.3, 0.4) is 0 Å². The van der Waals surface area contributed by atoms with Gasteiger partial charge in [0.15, 0.2) is 0 Å². The van der Waals surface area contributed by atoms with Crippen molar-refractivity contribution in [3.05, 3.63) is 54.1 Å². The summed E-state index contributed by atoms with van der Waals surface area (Å²) < 4.78 is 5.13. The molecule has 0 fully saturated rings.